The molecule has 4 heteroatoms. The Morgan fingerprint density at radius 1 is 1.35 bits per heavy atom. The number of hydrogen-bond acceptors (Lipinski definition) is 4. The van der Waals surface area contributed by atoms with Gasteiger partial charge in [0.25, 0.3) is 0 Å². The average molecular weight is 293 g/mol. The maximum Gasteiger partial charge on any atom is 0.110 e. The third-order valence-corrected chi connectivity index (χ3v) is 6.07. The van der Waals surface area contributed by atoms with Crippen LogP contribution >= 0.6 is 11.3 Å². The summed E-state index contributed by atoms with van der Waals surface area (Å²) in [5.41, 5.74) is 1.14. The van der Waals surface area contributed by atoms with E-state index in [0.717, 1.165) is 24.2 Å². The van der Waals surface area contributed by atoms with Crippen molar-refractivity contribution in [2.45, 2.75) is 70.5 Å². The maximum atomic E-state index is 4.58. The second-order valence-corrected chi connectivity index (χ2v) is 7.44. The van der Waals surface area contributed by atoms with Crippen molar-refractivity contribution in [1.82, 2.24) is 15.6 Å². The lowest BCUT2D eigenvalue weighted by Gasteiger charge is -2.40. The van der Waals surface area contributed by atoms with Crippen LogP contribution in [0.1, 0.15) is 62.2 Å². The number of fused-ring (bicyclic) bond motifs is 1. The first-order chi connectivity index (χ1) is 9.72. The Balaban J connectivity index is 1.46. The van der Waals surface area contributed by atoms with Crippen LogP contribution in [0.15, 0.2) is 5.38 Å². The first kappa shape index (κ1) is 14.5. The molecule has 1 saturated heterocycles. The SMILES string of the molecule is Cc1csc(C(C)NCC2CCC3CCCCC3N2)n1. The van der Waals surface area contributed by atoms with Crippen LogP contribution in [-0.4, -0.2) is 23.6 Å². The highest BCUT2D eigenvalue weighted by atomic mass is 32.1. The highest BCUT2D eigenvalue weighted by Crippen LogP contribution is 2.32. The van der Waals surface area contributed by atoms with Crippen LogP contribution in [-0.2, 0) is 0 Å². The lowest BCUT2D eigenvalue weighted by Crippen LogP contribution is -2.52. The van der Waals surface area contributed by atoms with Crippen LogP contribution in [0.5, 0.6) is 0 Å². The van der Waals surface area contributed by atoms with Gasteiger partial charge < -0.3 is 10.6 Å². The van der Waals surface area contributed by atoms with E-state index in [0.29, 0.717) is 12.1 Å². The molecular weight excluding hydrogens is 266 g/mol. The van der Waals surface area contributed by atoms with Crippen molar-refractivity contribution in [2.75, 3.05) is 6.54 Å². The highest BCUT2D eigenvalue weighted by molar-refractivity contribution is 7.09. The maximum absolute atomic E-state index is 4.58. The minimum atomic E-state index is 0.375. The number of aromatic nitrogens is 1. The molecule has 2 aliphatic rings. The molecule has 112 valence electrons. The molecule has 0 aromatic carbocycles. The van der Waals surface area contributed by atoms with Gasteiger partial charge in [0, 0.05) is 29.7 Å². The normalized spacial score (nSPS) is 31.8. The summed E-state index contributed by atoms with van der Waals surface area (Å²) in [5.74, 6) is 0.957. The van der Waals surface area contributed by atoms with E-state index in [4.69, 9.17) is 0 Å². The number of thiazole rings is 1. The zero-order chi connectivity index (χ0) is 13.9. The monoisotopic (exact) mass is 293 g/mol. The molecule has 2 N–H and O–H groups in total. The van der Waals surface area contributed by atoms with E-state index in [1.165, 1.54) is 43.5 Å². The van der Waals surface area contributed by atoms with E-state index in [1.54, 1.807) is 11.3 Å². The minimum Gasteiger partial charge on any atom is -0.310 e. The predicted octanol–water partition coefficient (Wildman–Crippen LogP) is 3.41. The third-order valence-electron chi connectivity index (χ3n) is 4.92. The number of rotatable bonds is 4. The smallest absolute Gasteiger partial charge is 0.110 e. The van der Waals surface area contributed by atoms with Crippen molar-refractivity contribution in [3.05, 3.63) is 16.1 Å². The standard InChI is InChI=1S/C16H27N3S/c1-11-10-20-16(18-11)12(2)17-9-14-8-7-13-5-3-4-6-15(13)19-14/h10,12-15,17,19H,3-9H2,1-2H3. The molecule has 0 spiro atoms. The zero-order valence-electron chi connectivity index (χ0n) is 12.7. The molecule has 4 atom stereocenters. The molecule has 1 saturated carbocycles. The Morgan fingerprint density at radius 3 is 3.00 bits per heavy atom. The molecule has 1 aliphatic heterocycles. The molecule has 0 radical (unpaired) electrons. The van der Waals surface area contributed by atoms with Crippen molar-refractivity contribution >= 4 is 11.3 Å². The number of nitrogens with zero attached hydrogens (tertiary/aromatic N) is 1. The molecule has 3 rings (SSSR count). The van der Waals surface area contributed by atoms with Crippen molar-refractivity contribution < 1.29 is 0 Å². The van der Waals surface area contributed by atoms with E-state index in [1.807, 2.05) is 0 Å². The van der Waals surface area contributed by atoms with Crippen LogP contribution in [0.4, 0.5) is 0 Å². The predicted molar refractivity (Wildman–Crippen MR) is 85.2 cm³/mol. The quantitative estimate of drug-likeness (QED) is 0.893. The summed E-state index contributed by atoms with van der Waals surface area (Å²) in [6.45, 7) is 5.37. The molecular formula is C16H27N3S. The lowest BCUT2D eigenvalue weighted by atomic mass is 9.78. The number of piperidine rings is 1. The molecule has 3 nitrogen and oxygen atoms in total. The van der Waals surface area contributed by atoms with Gasteiger partial charge in [-0.25, -0.2) is 4.98 Å². The molecule has 2 fully saturated rings. The summed E-state index contributed by atoms with van der Waals surface area (Å²) in [6.07, 6.45) is 8.47. The topological polar surface area (TPSA) is 37.0 Å². The third kappa shape index (κ3) is 3.41. The summed E-state index contributed by atoms with van der Waals surface area (Å²) < 4.78 is 0. The average Bonchev–Trinajstić information content (AvgIpc) is 2.91. The summed E-state index contributed by atoms with van der Waals surface area (Å²) in [5, 5.41) is 10.9. The summed E-state index contributed by atoms with van der Waals surface area (Å²) >= 11 is 1.77. The Bertz CT molecular complexity index is 431. The van der Waals surface area contributed by atoms with Gasteiger partial charge in [0.05, 0.1) is 6.04 Å². The van der Waals surface area contributed by atoms with Crippen LogP contribution in [0.25, 0.3) is 0 Å². The van der Waals surface area contributed by atoms with Crippen LogP contribution in [0.3, 0.4) is 0 Å². The second kappa shape index (κ2) is 6.54. The second-order valence-electron chi connectivity index (χ2n) is 6.55. The number of nitrogens with one attached hydrogen (secondary N) is 2. The minimum absolute atomic E-state index is 0.375. The molecule has 0 amide bonds. The fourth-order valence-electron chi connectivity index (χ4n) is 3.71. The van der Waals surface area contributed by atoms with E-state index in [-0.39, 0.29) is 0 Å². The van der Waals surface area contributed by atoms with E-state index in [9.17, 15) is 0 Å². The first-order valence-corrected chi connectivity index (χ1v) is 9.02. The van der Waals surface area contributed by atoms with Crippen molar-refractivity contribution in [2.24, 2.45) is 5.92 Å². The van der Waals surface area contributed by atoms with Crippen LogP contribution < -0.4 is 10.6 Å². The Morgan fingerprint density at radius 2 is 2.20 bits per heavy atom. The molecule has 0 bridgehead atoms. The Hall–Kier alpha value is -0.450. The lowest BCUT2D eigenvalue weighted by molar-refractivity contribution is 0.173. The molecule has 20 heavy (non-hydrogen) atoms. The highest BCUT2D eigenvalue weighted by Gasteiger charge is 2.31. The van der Waals surface area contributed by atoms with Gasteiger partial charge in [0.15, 0.2) is 0 Å². The molecule has 2 heterocycles. The van der Waals surface area contributed by atoms with Crippen molar-refractivity contribution in [3.63, 3.8) is 0 Å². The molecule has 1 aromatic heterocycles. The van der Waals surface area contributed by atoms with E-state index < -0.39 is 0 Å². The summed E-state index contributed by atoms with van der Waals surface area (Å²) in [7, 11) is 0. The number of aryl methyl sites for hydroxylation is 1. The van der Waals surface area contributed by atoms with Gasteiger partial charge in [0.2, 0.25) is 0 Å². The van der Waals surface area contributed by atoms with Gasteiger partial charge in [0.1, 0.15) is 5.01 Å². The fraction of sp³-hybridized carbons (Fsp3) is 0.812. The van der Waals surface area contributed by atoms with Gasteiger partial charge >= 0.3 is 0 Å². The summed E-state index contributed by atoms with van der Waals surface area (Å²) in [4.78, 5) is 4.58. The largest absolute Gasteiger partial charge is 0.310 e. The van der Waals surface area contributed by atoms with E-state index >= 15 is 0 Å². The zero-order valence-corrected chi connectivity index (χ0v) is 13.5. The molecule has 1 aromatic rings. The molecule has 1 aliphatic carbocycles. The summed E-state index contributed by atoms with van der Waals surface area (Å²) in [6, 6.07) is 1.82. The Kier molecular flexibility index (Phi) is 4.74. The van der Waals surface area contributed by atoms with Gasteiger partial charge in [-0.15, -0.1) is 11.3 Å². The number of hydrogen-bond donors (Lipinski definition) is 2. The van der Waals surface area contributed by atoms with Crippen molar-refractivity contribution in [3.8, 4) is 0 Å². The van der Waals surface area contributed by atoms with Gasteiger partial charge in [-0.05, 0) is 45.4 Å². The van der Waals surface area contributed by atoms with Crippen molar-refractivity contribution in [1.29, 1.82) is 0 Å². The molecule has 4 unspecified atom stereocenters. The van der Waals surface area contributed by atoms with Crippen LogP contribution in [0, 0.1) is 12.8 Å². The fourth-order valence-corrected chi connectivity index (χ4v) is 4.54. The van der Waals surface area contributed by atoms with Gasteiger partial charge in [-0.3, -0.25) is 0 Å². The van der Waals surface area contributed by atoms with Gasteiger partial charge in [-0.2, -0.15) is 0 Å². The van der Waals surface area contributed by atoms with Gasteiger partial charge in [-0.1, -0.05) is 12.8 Å². The van der Waals surface area contributed by atoms with Crippen LogP contribution in [0.2, 0.25) is 0 Å². The first-order valence-electron chi connectivity index (χ1n) is 8.14. The van der Waals surface area contributed by atoms with E-state index in [2.05, 4.69) is 34.8 Å². The Labute approximate surface area is 126 Å².